The number of anilines is 1. The number of phenolic OH excluding ortho intramolecular Hbond substituents is 1. The SMILES string of the molecule is N#Cc1c(N)nc(-c2cc(Cl)ccc2O)nc1C1CCCC1. The molecule has 0 bridgehead atoms. The molecule has 5 nitrogen and oxygen atoms in total. The van der Waals surface area contributed by atoms with Gasteiger partial charge in [0.05, 0.1) is 11.3 Å². The number of nitrogens with two attached hydrogens (primary N) is 1. The molecule has 0 aliphatic heterocycles. The van der Waals surface area contributed by atoms with E-state index < -0.39 is 0 Å². The molecule has 112 valence electrons. The maximum atomic E-state index is 10.0. The van der Waals surface area contributed by atoms with Gasteiger partial charge in [0.15, 0.2) is 5.82 Å². The van der Waals surface area contributed by atoms with Gasteiger partial charge in [-0.25, -0.2) is 9.97 Å². The Morgan fingerprint density at radius 2 is 2.00 bits per heavy atom. The van der Waals surface area contributed by atoms with Gasteiger partial charge < -0.3 is 10.8 Å². The monoisotopic (exact) mass is 314 g/mol. The standard InChI is InChI=1S/C16H15ClN4O/c17-10-5-6-13(22)11(7-10)16-20-14(9-3-1-2-4-9)12(8-18)15(19)21-16/h5-7,9,22H,1-4H2,(H2,19,20,21). The van der Waals surface area contributed by atoms with Crippen LogP contribution >= 0.6 is 11.6 Å². The highest BCUT2D eigenvalue weighted by Crippen LogP contribution is 2.38. The van der Waals surface area contributed by atoms with Crippen molar-refractivity contribution in [3.05, 3.63) is 34.5 Å². The number of rotatable bonds is 2. The lowest BCUT2D eigenvalue weighted by molar-refractivity contribution is 0.477. The number of benzene rings is 1. The van der Waals surface area contributed by atoms with E-state index in [1.54, 1.807) is 12.1 Å². The number of halogens is 1. The largest absolute Gasteiger partial charge is 0.507 e. The molecule has 3 N–H and O–H groups in total. The Balaban J connectivity index is 2.17. The van der Waals surface area contributed by atoms with Crippen LogP contribution in [0.2, 0.25) is 5.02 Å². The molecule has 1 aliphatic carbocycles. The van der Waals surface area contributed by atoms with Crippen LogP contribution in [-0.4, -0.2) is 15.1 Å². The van der Waals surface area contributed by atoms with Crippen LogP contribution < -0.4 is 5.73 Å². The third-order valence-corrected chi connectivity index (χ3v) is 4.25. The lowest BCUT2D eigenvalue weighted by Gasteiger charge is -2.14. The summed E-state index contributed by atoms with van der Waals surface area (Å²) in [5, 5.41) is 19.8. The van der Waals surface area contributed by atoms with Crippen molar-refractivity contribution in [2.45, 2.75) is 31.6 Å². The van der Waals surface area contributed by atoms with E-state index in [9.17, 15) is 10.4 Å². The number of nitrogens with zero attached hydrogens (tertiary/aromatic N) is 3. The predicted octanol–water partition coefficient (Wildman–Crippen LogP) is 3.61. The van der Waals surface area contributed by atoms with Crippen LogP contribution in [0.15, 0.2) is 18.2 Å². The van der Waals surface area contributed by atoms with Gasteiger partial charge in [0, 0.05) is 10.9 Å². The quantitative estimate of drug-likeness (QED) is 0.882. The van der Waals surface area contributed by atoms with Crippen molar-refractivity contribution in [1.82, 2.24) is 9.97 Å². The van der Waals surface area contributed by atoms with Gasteiger partial charge in [0.25, 0.3) is 0 Å². The number of aromatic nitrogens is 2. The molecule has 0 saturated heterocycles. The summed E-state index contributed by atoms with van der Waals surface area (Å²) >= 11 is 5.98. The minimum atomic E-state index is 0.0332. The number of phenols is 1. The van der Waals surface area contributed by atoms with E-state index in [2.05, 4.69) is 16.0 Å². The highest BCUT2D eigenvalue weighted by Gasteiger charge is 2.25. The molecule has 1 saturated carbocycles. The van der Waals surface area contributed by atoms with Gasteiger partial charge >= 0.3 is 0 Å². The van der Waals surface area contributed by atoms with Crippen LogP contribution in [0.1, 0.15) is 42.9 Å². The first kappa shape index (κ1) is 14.6. The Hall–Kier alpha value is -2.32. The molecule has 1 aromatic heterocycles. The number of hydrogen-bond donors (Lipinski definition) is 2. The van der Waals surface area contributed by atoms with Gasteiger partial charge in [-0.1, -0.05) is 24.4 Å². The molecular weight excluding hydrogens is 300 g/mol. The summed E-state index contributed by atoms with van der Waals surface area (Å²) in [7, 11) is 0. The molecular formula is C16H15ClN4O. The molecule has 0 amide bonds. The Labute approximate surface area is 133 Å². The Morgan fingerprint density at radius 3 is 2.68 bits per heavy atom. The lowest BCUT2D eigenvalue weighted by Crippen LogP contribution is -2.08. The second kappa shape index (κ2) is 5.82. The third kappa shape index (κ3) is 2.58. The van der Waals surface area contributed by atoms with Crippen molar-refractivity contribution in [3.63, 3.8) is 0 Å². The van der Waals surface area contributed by atoms with E-state index >= 15 is 0 Å². The predicted molar refractivity (Wildman–Crippen MR) is 84.5 cm³/mol. The van der Waals surface area contributed by atoms with Crippen molar-refractivity contribution in [1.29, 1.82) is 5.26 Å². The first-order valence-corrected chi connectivity index (χ1v) is 7.54. The normalized spacial score (nSPS) is 14.9. The molecule has 3 rings (SSSR count). The van der Waals surface area contributed by atoms with Crippen LogP contribution in [0.25, 0.3) is 11.4 Å². The number of aromatic hydroxyl groups is 1. The fourth-order valence-corrected chi connectivity index (χ4v) is 3.09. The van der Waals surface area contributed by atoms with Crippen molar-refractivity contribution in [2.24, 2.45) is 0 Å². The molecule has 1 fully saturated rings. The summed E-state index contributed by atoms with van der Waals surface area (Å²) in [5.41, 5.74) is 7.38. The second-order valence-electron chi connectivity index (χ2n) is 5.45. The van der Waals surface area contributed by atoms with Gasteiger partial charge in [0.2, 0.25) is 0 Å². The summed E-state index contributed by atoms with van der Waals surface area (Å²) in [6, 6.07) is 6.78. The number of nitrogen functional groups attached to an aromatic ring is 1. The van der Waals surface area contributed by atoms with Crippen molar-refractivity contribution >= 4 is 17.4 Å². The van der Waals surface area contributed by atoms with Crippen LogP contribution in [-0.2, 0) is 0 Å². The Bertz CT molecular complexity index is 763. The van der Waals surface area contributed by atoms with Crippen LogP contribution in [0.5, 0.6) is 5.75 Å². The maximum absolute atomic E-state index is 10.0. The van der Waals surface area contributed by atoms with Crippen molar-refractivity contribution < 1.29 is 5.11 Å². The van der Waals surface area contributed by atoms with E-state index in [1.165, 1.54) is 6.07 Å². The summed E-state index contributed by atoms with van der Waals surface area (Å²) < 4.78 is 0. The van der Waals surface area contributed by atoms with Crippen LogP contribution in [0.4, 0.5) is 5.82 Å². The lowest BCUT2D eigenvalue weighted by atomic mass is 9.99. The van der Waals surface area contributed by atoms with Gasteiger partial charge in [-0.15, -0.1) is 0 Å². The molecule has 2 aromatic rings. The van der Waals surface area contributed by atoms with Crippen molar-refractivity contribution in [2.75, 3.05) is 5.73 Å². The zero-order valence-electron chi connectivity index (χ0n) is 11.9. The van der Waals surface area contributed by atoms with Crippen LogP contribution in [0, 0.1) is 11.3 Å². The van der Waals surface area contributed by atoms with E-state index in [0.717, 1.165) is 25.7 Å². The number of nitriles is 1. The third-order valence-electron chi connectivity index (χ3n) is 4.02. The van der Waals surface area contributed by atoms with Crippen LogP contribution in [0.3, 0.4) is 0 Å². The maximum Gasteiger partial charge on any atom is 0.165 e. The molecule has 1 heterocycles. The molecule has 0 unspecified atom stereocenters. The Kier molecular flexibility index (Phi) is 3.86. The average molecular weight is 315 g/mol. The molecule has 1 aliphatic rings. The summed E-state index contributed by atoms with van der Waals surface area (Å²) in [6.45, 7) is 0. The highest BCUT2D eigenvalue weighted by molar-refractivity contribution is 6.30. The molecule has 0 atom stereocenters. The summed E-state index contributed by atoms with van der Waals surface area (Å²) in [5.74, 6) is 0.707. The number of hydrogen-bond acceptors (Lipinski definition) is 5. The second-order valence-corrected chi connectivity index (χ2v) is 5.88. The zero-order chi connectivity index (χ0) is 15.7. The average Bonchev–Trinajstić information content (AvgIpc) is 3.03. The molecule has 0 radical (unpaired) electrons. The molecule has 0 spiro atoms. The molecule has 6 heteroatoms. The van der Waals surface area contributed by atoms with E-state index in [4.69, 9.17) is 17.3 Å². The molecule has 1 aromatic carbocycles. The van der Waals surface area contributed by atoms with Gasteiger partial charge in [-0.05, 0) is 31.0 Å². The smallest absolute Gasteiger partial charge is 0.165 e. The zero-order valence-corrected chi connectivity index (χ0v) is 12.6. The van der Waals surface area contributed by atoms with Gasteiger partial charge in [0.1, 0.15) is 23.2 Å². The summed E-state index contributed by atoms with van der Waals surface area (Å²) in [4.78, 5) is 8.70. The molecule has 22 heavy (non-hydrogen) atoms. The Morgan fingerprint density at radius 1 is 1.27 bits per heavy atom. The first-order valence-electron chi connectivity index (χ1n) is 7.16. The fraction of sp³-hybridized carbons (Fsp3) is 0.312. The van der Waals surface area contributed by atoms with Crippen molar-refractivity contribution in [3.8, 4) is 23.2 Å². The topological polar surface area (TPSA) is 95.8 Å². The van der Waals surface area contributed by atoms with E-state index in [0.29, 0.717) is 27.7 Å². The first-order chi connectivity index (χ1) is 10.6. The summed E-state index contributed by atoms with van der Waals surface area (Å²) in [6.07, 6.45) is 4.23. The minimum absolute atomic E-state index is 0.0332. The highest BCUT2D eigenvalue weighted by atomic mass is 35.5. The minimum Gasteiger partial charge on any atom is -0.507 e. The van der Waals surface area contributed by atoms with E-state index in [-0.39, 0.29) is 17.5 Å². The van der Waals surface area contributed by atoms with Gasteiger partial charge in [-0.3, -0.25) is 0 Å². The van der Waals surface area contributed by atoms with E-state index in [1.807, 2.05) is 0 Å². The fourth-order valence-electron chi connectivity index (χ4n) is 2.91. The van der Waals surface area contributed by atoms with Gasteiger partial charge in [-0.2, -0.15) is 5.26 Å².